The van der Waals surface area contributed by atoms with Gasteiger partial charge >= 0.3 is 0 Å². The molecule has 0 aromatic carbocycles. The Balaban J connectivity index is 1.78. The van der Waals surface area contributed by atoms with Gasteiger partial charge in [-0.05, 0) is 31.7 Å². The second kappa shape index (κ2) is 6.07. The number of piperidine rings is 1. The van der Waals surface area contributed by atoms with Gasteiger partial charge in [0.25, 0.3) is 5.91 Å². The summed E-state index contributed by atoms with van der Waals surface area (Å²) in [6.45, 7) is 8.09. The second-order valence-electron chi connectivity index (χ2n) is 6.77. The Labute approximate surface area is 136 Å². The number of aryl methyl sites for hydroxylation is 1. The molecule has 1 amide bonds. The molecule has 3 heterocycles. The number of carbonyl (C=O) groups is 2. The fourth-order valence-electron chi connectivity index (χ4n) is 3.43. The Morgan fingerprint density at radius 3 is 2.78 bits per heavy atom. The predicted octanol–water partition coefficient (Wildman–Crippen LogP) is 1.99. The van der Waals surface area contributed by atoms with Gasteiger partial charge in [0, 0.05) is 26.1 Å². The van der Waals surface area contributed by atoms with Crippen LogP contribution in [0.2, 0.25) is 0 Å². The van der Waals surface area contributed by atoms with Crippen molar-refractivity contribution in [2.45, 2.75) is 58.1 Å². The lowest BCUT2D eigenvalue weighted by molar-refractivity contribution is -0.144. The van der Waals surface area contributed by atoms with Gasteiger partial charge in [-0.2, -0.15) is 5.10 Å². The zero-order valence-corrected chi connectivity index (χ0v) is 14.2. The first-order valence-electron chi connectivity index (χ1n) is 8.51. The third kappa shape index (κ3) is 2.80. The van der Waals surface area contributed by atoms with E-state index in [-0.39, 0.29) is 24.2 Å². The smallest absolute Gasteiger partial charge is 0.272 e. The first kappa shape index (κ1) is 16.2. The molecule has 0 saturated carbocycles. The van der Waals surface area contributed by atoms with Crippen molar-refractivity contribution >= 4 is 11.7 Å². The monoisotopic (exact) mass is 319 g/mol. The molecule has 6 nitrogen and oxygen atoms in total. The van der Waals surface area contributed by atoms with Crippen LogP contribution in [0.5, 0.6) is 0 Å². The minimum atomic E-state index is -0.620. The number of nitrogens with zero attached hydrogens (tertiary/aromatic N) is 3. The lowest BCUT2D eigenvalue weighted by Crippen LogP contribution is -2.54. The number of amides is 1. The number of likely N-dealkylation sites (tertiary alicyclic amines) is 1. The number of ether oxygens (including phenoxy) is 1. The van der Waals surface area contributed by atoms with E-state index in [1.165, 1.54) is 0 Å². The van der Waals surface area contributed by atoms with Gasteiger partial charge in [0.05, 0.1) is 12.2 Å². The van der Waals surface area contributed by atoms with Crippen molar-refractivity contribution in [2.24, 2.45) is 0 Å². The average molecular weight is 319 g/mol. The Bertz CT molecular complexity index is 615. The standard InChI is InChI=1S/C17H25N3O3/c1-4-20-14(10-13(18-20)12(2)3)16(22)19-8-7-17(15(21)11-19)6-5-9-23-17/h10,12H,4-9,11H2,1-3H3. The summed E-state index contributed by atoms with van der Waals surface area (Å²) in [7, 11) is 0. The maximum Gasteiger partial charge on any atom is 0.272 e. The van der Waals surface area contributed by atoms with Crippen LogP contribution in [0, 0.1) is 0 Å². The minimum Gasteiger partial charge on any atom is -0.367 e. The van der Waals surface area contributed by atoms with Crippen LogP contribution >= 0.6 is 0 Å². The van der Waals surface area contributed by atoms with Crippen molar-refractivity contribution in [3.05, 3.63) is 17.5 Å². The lowest BCUT2D eigenvalue weighted by Gasteiger charge is -2.37. The van der Waals surface area contributed by atoms with Gasteiger partial charge in [0.2, 0.25) is 0 Å². The van der Waals surface area contributed by atoms with E-state index in [0.29, 0.717) is 31.8 Å². The third-order valence-electron chi connectivity index (χ3n) is 4.93. The number of rotatable bonds is 3. The van der Waals surface area contributed by atoms with Gasteiger partial charge in [-0.25, -0.2) is 0 Å². The number of hydrogen-bond donors (Lipinski definition) is 0. The Morgan fingerprint density at radius 2 is 2.22 bits per heavy atom. The molecule has 0 aliphatic carbocycles. The maximum atomic E-state index is 12.8. The van der Waals surface area contributed by atoms with Crippen LogP contribution in [0.4, 0.5) is 0 Å². The lowest BCUT2D eigenvalue weighted by atomic mass is 9.87. The second-order valence-corrected chi connectivity index (χ2v) is 6.77. The number of Topliss-reactive ketones (excluding diaryl/α,β-unsaturated/α-hetero) is 1. The molecule has 1 aromatic heterocycles. The number of aromatic nitrogens is 2. The Hall–Kier alpha value is -1.69. The number of ketones is 1. The van der Waals surface area contributed by atoms with Gasteiger partial charge in [-0.1, -0.05) is 13.8 Å². The molecular weight excluding hydrogens is 294 g/mol. The summed E-state index contributed by atoms with van der Waals surface area (Å²) in [6.07, 6.45) is 2.33. The molecule has 1 aromatic rings. The summed E-state index contributed by atoms with van der Waals surface area (Å²) >= 11 is 0. The van der Waals surface area contributed by atoms with Crippen molar-refractivity contribution in [1.29, 1.82) is 0 Å². The van der Waals surface area contributed by atoms with Gasteiger partial charge in [-0.15, -0.1) is 0 Å². The van der Waals surface area contributed by atoms with Crippen molar-refractivity contribution < 1.29 is 14.3 Å². The molecule has 1 atom stereocenters. The van der Waals surface area contributed by atoms with E-state index in [0.717, 1.165) is 18.5 Å². The zero-order valence-electron chi connectivity index (χ0n) is 14.2. The molecule has 2 saturated heterocycles. The quantitative estimate of drug-likeness (QED) is 0.854. The summed E-state index contributed by atoms with van der Waals surface area (Å²) in [5, 5.41) is 4.49. The van der Waals surface area contributed by atoms with Crippen LogP contribution in [0.15, 0.2) is 6.07 Å². The molecule has 0 N–H and O–H groups in total. The van der Waals surface area contributed by atoms with Crippen molar-refractivity contribution in [2.75, 3.05) is 19.7 Å². The van der Waals surface area contributed by atoms with E-state index in [2.05, 4.69) is 18.9 Å². The Morgan fingerprint density at radius 1 is 1.43 bits per heavy atom. The summed E-state index contributed by atoms with van der Waals surface area (Å²) in [5.74, 6) is 0.209. The normalized spacial score (nSPS) is 24.9. The van der Waals surface area contributed by atoms with Crippen molar-refractivity contribution in [1.82, 2.24) is 14.7 Å². The van der Waals surface area contributed by atoms with E-state index in [9.17, 15) is 9.59 Å². The molecular formula is C17H25N3O3. The van der Waals surface area contributed by atoms with E-state index in [1.807, 2.05) is 13.0 Å². The van der Waals surface area contributed by atoms with E-state index >= 15 is 0 Å². The molecule has 2 aliphatic rings. The van der Waals surface area contributed by atoms with Gasteiger partial charge in [0.15, 0.2) is 5.78 Å². The van der Waals surface area contributed by atoms with Gasteiger partial charge in [-0.3, -0.25) is 14.3 Å². The highest BCUT2D eigenvalue weighted by molar-refractivity contribution is 5.98. The largest absolute Gasteiger partial charge is 0.367 e. The molecule has 2 aliphatic heterocycles. The molecule has 0 bridgehead atoms. The molecule has 23 heavy (non-hydrogen) atoms. The molecule has 2 fully saturated rings. The van der Waals surface area contributed by atoms with E-state index in [1.54, 1.807) is 9.58 Å². The molecule has 0 radical (unpaired) electrons. The highest BCUT2D eigenvalue weighted by atomic mass is 16.5. The SMILES string of the molecule is CCn1nc(C(C)C)cc1C(=O)N1CCC2(CCCO2)C(=O)C1. The number of hydrogen-bond acceptors (Lipinski definition) is 4. The van der Waals surface area contributed by atoms with Crippen LogP contribution in [0.3, 0.4) is 0 Å². The van der Waals surface area contributed by atoms with Crippen LogP contribution in [0.25, 0.3) is 0 Å². The molecule has 126 valence electrons. The molecule has 6 heteroatoms. The summed E-state index contributed by atoms with van der Waals surface area (Å²) in [6, 6.07) is 1.86. The number of carbonyl (C=O) groups excluding carboxylic acids is 2. The third-order valence-corrected chi connectivity index (χ3v) is 4.93. The highest BCUT2D eigenvalue weighted by Gasteiger charge is 2.46. The summed E-state index contributed by atoms with van der Waals surface area (Å²) in [4.78, 5) is 27.0. The van der Waals surface area contributed by atoms with Crippen LogP contribution in [-0.2, 0) is 16.1 Å². The van der Waals surface area contributed by atoms with Gasteiger partial charge < -0.3 is 9.64 Å². The molecule has 1 unspecified atom stereocenters. The summed E-state index contributed by atoms with van der Waals surface area (Å²) in [5.41, 5.74) is 0.867. The van der Waals surface area contributed by atoms with E-state index < -0.39 is 5.60 Å². The minimum absolute atomic E-state index is 0.0428. The first-order chi connectivity index (χ1) is 11.0. The predicted molar refractivity (Wildman–Crippen MR) is 85.4 cm³/mol. The summed E-state index contributed by atoms with van der Waals surface area (Å²) < 4.78 is 7.44. The maximum absolute atomic E-state index is 12.8. The molecule has 3 rings (SSSR count). The first-order valence-corrected chi connectivity index (χ1v) is 8.51. The van der Waals surface area contributed by atoms with Crippen LogP contribution < -0.4 is 0 Å². The fraction of sp³-hybridized carbons (Fsp3) is 0.706. The highest BCUT2D eigenvalue weighted by Crippen LogP contribution is 2.33. The van der Waals surface area contributed by atoms with Crippen molar-refractivity contribution in [3.63, 3.8) is 0 Å². The average Bonchev–Trinajstić information content (AvgIpc) is 3.17. The van der Waals surface area contributed by atoms with Crippen molar-refractivity contribution in [3.8, 4) is 0 Å². The molecule has 1 spiro atoms. The van der Waals surface area contributed by atoms with Crippen LogP contribution in [-0.4, -0.2) is 51.7 Å². The zero-order chi connectivity index (χ0) is 16.6. The topological polar surface area (TPSA) is 64.4 Å². The van der Waals surface area contributed by atoms with Crippen LogP contribution in [0.1, 0.15) is 62.1 Å². The Kier molecular flexibility index (Phi) is 4.27. The van der Waals surface area contributed by atoms with Gasteiger partial charge in [0.1, 0.15) is 11.3 Å². The van der Waals surface area contributed by atoms with E-state index in [4.69, 9.17) is 4.74 Å². The fourth-order valence-corrected chi connectivity index (χ4v) is 3.43.